The van der Waals surface area contributed by atoms with Gasteiger partial charge in [0.1, 0.15) is 6.04 Å². The third-order valence-corrected chi connectivity index (χ3v) is 4.99. The van der Waals surface area contributed by atoms with Crippen molar-refractivity contribution in [3.05, 3.63) is 60.2 Å². The zero-order chi connectivity index (χ0) is 19.8. The van der Waals surface area contributed by atoms with E-state index in [1.54, 1.807) is 11.8 Å². The van der Waals surface area contributed by atoms with Crippen molar-refractivity contribution in [2.45, 2.75) is 37.8 Å². The summed E-state index contributed by atoms with van der Waals surface area (Å²) in [5, 5.41) is 8.54. The second kappa shape index (κ2) is 10.0. The fourth-order valence-electron chi connectivity index (χ4n) is 2.65. The van der Waals surface area contributed by atoms with Crippen molar-refractivity contribution in [3.8, 4) is 0 Å². The Balaban J connectivity index is 1.96. The average Bonchev–Trinajstić information content (AvgIpc) is 2.67. The standard InChI is InChI=1S/C21H27N3O2S/c1-14(2)19(20(25)22-15(3)16-8-6-5-7-9-16)24-21(26)23-17-10-12-18(27-4)13-11-17/h5-15,19H,1-4H3,(H,22,25)(H2,23,24,26). The van der Waals surface area contributed by atoms with E-state index in [1.165, 1.54) is 0 Å². The molecule has 0 bridgehead atoms. The lowest BCUT2D eigenvalue weighted by molar-refractivity contribution is -0.124. The molecule has 0 fully saturated rings. The molecule has 2 atom stereocenters. The highest BCUT2D eigenvalue weighted by Gasteiger charge is 2.25. The van der Waals surface area contributed by atoms with E-state index < -0.39 is 12.1 Å². The van der Waals surface area contributed by atoms with E-state index >= 15 is 0 Å². The van der Waals surface area contributed by atoms with Crippen LogP contribution in [-0.4, -0.2) is 24.2 Å². The highest BCUT2D eigenvalue weighted by molar-refractivity contribution is 7.98. The minimum absolute atomic E-state index is 0.0439. The van der Waals surface area contributed by atoms with Gasteiger partial charge < -0.3 is 16.0 Å². The zero-order valence-corrected chi connectivity index (χ0v) is 17.0. The zero-order valence-electron chi connectivity index (χ0n) is 16.2. The van der Waals surface area contributed by atoms with Crippen molar-refractivity contribution in [1.29, 1.82) is 0 Å². The number of hydrogen-bond donors (Lipinski definition) is 3. The molecule has 0 saturated carbocycles. The molecule has 0 saturated heterocycles. The molecule has 0 aromatic heterocycles. The van der Waals surface area contributed by atoms with Gasteiger partial charge in [0.05, 0.1) is 6.04 Å². The molecule has 144 valence electrons. The Labute approximate surface area is 165 Å². The number of rotatable bonds is 7. The van der Waals surface area contributed by atoms with Gasteiger partial charge in [0.2, 0.25) is 5.91 Å². The minimum Gasteiger partial charge on any atom is -0.348 e. The van der Waals surface area contributed by atoms with Gasteiger partial charge in [-0.3, -0.25) is 4.79 Å². The molecule has 0 aliphatic heterocycles. The number of hydrogen-bond acceptors (Lipinski definition) is 3. The quantitative estimate of drug-likeness (QED) is 0.618. The summed E-state index contributed by atoms with van der Waals surface area (Å²) in [5.41, 5.74) is 1.71. The number of thioether (sulfide) groups is 1. The van der Waals surface area contributed by atoms with Crippen molar-refractivity contribution in [1.82, 2.24) is 10.6 Å². The number of nitrogens with one attached hydrogen (secondary N) is 3. The molecule has 0 aliphatic rings. The first-order valence-electron chi connectivity index (χ1n) is 8.97. The van der Waals surface area contributed by atoms with Gasteiger partial charge in [0, 0.05) is 10.6 Å². The van der Waals surface area contributed by atoms with Gasteiger partial charge >= 0.3 is 6.03 Å². The van der Waals surface area contributed by atoms with Crippen LogP contribution < -0.4 is 16.0 Å². The Morgan fingerprint density at radius 1 is 0.889 bits per heavy atom. The first-order valence-corrected chi connectivity index (χ1v) is 10.2. The summed E-state index contributed by atoms with van der Waals surface area (Å²) in [6.07, 6.45) is 2.00. The lowest BCUT2D eigenvalue weighted by Crippen LogP contribution is -2.51. The van der Waals surface area contributed by atoms with Crippen LogP contribution in [0.2, 0.25) is 0 Å². The number of anilines is 1. The summed E-state index contributed by atoms with van der Waals surface area (Å²) in [6, 6.07) is 16.1. The van der Waals surface area contributed by atoms with Gasteiger partial charge in [-0.2, -0.15) is 0 Å². The van der Waals surface area contributed by atoms with Crippen LogP contribution in [0.15, 0.2) is 59.5 Å². The van der Waals surface area contributed by atoms with Crippen molar-refractivity contribution in [2.75, 3.05) is 11.6 Å². The molecular weight excluding hydrogens is 358 g/mol. The maximum Gasteiger partial charge on any atom is 0.319 e. The van der Waals surface area contributed by atoms with Crippen LogP contribution in [0, 0.1) is 5.92 Å². The van der Waals surface area contributed by atoms with Gasteiger partial charge in [-0.25, -0.2) is 4.79 Å². The van der Waals surface area contributed by atoms with Crippen LogP contribution in [0.5, 0.6) is 0 Å². The van der Waals surface area contributed by atoms with Crippen LogP contribution in [-0.2, 0) is 4.79 Å². The summed E-state index contributed by atoms with van der Waals surface area (Å²) in [4.78, 5) is 26.1. The summed E-state index contributed by atoms with van der Waals surface area (Å²) >= 11 is 1.64. The van der Waals surface area contributed by atoms with Crippen LogP contribution in [0.25, 0.3) is 0 Å². The lowest BCUT2D eigenvalue weighted by atomic mass is 10.0. The Kier molecular flexibility index (Phi) is 7.73. The molecule has 2 aromatic rings. The van der Waals surface area contributed by atoms with Gasteiger partial charge in [-0.05, 0) is 48.9 Å². The fourth-order valence-corrected chi connectivity index (χ4v) is 3.05. The van der Waals surface area contributed by atoms with Crippen LogP contribution in [0.1, 0.15) is 32.4 Å². The van der Waals surface area contributed by atoms with E-state index in [-0.39, 0.29) is 17.9 Å². The summed E-state index contributed by atoms with van der Waals surface area (Å²) in [6.45, 7) is 5.74. The van der Waals surface area contributed by atoms with Crippen molar-refractivity contribution in [2.24, 2.45) is 5.92 Å². The maximum absolute atomic E-state index is 12.7. The van der Waals surface area contributed by atoms with E-state index in [0.717, 1.165) is 10.5 Å². The van der Waals surface area contributed by atoms with E-state index in [9.17, 15) is 9.59 Å². The molecule has 0 radical (unpaired) electrons. The van der Waals surface area contributed by atoms with E-state index in [1.807, 2.05) is 81.6 Å². The predicted octanol–water partition coefficient (Wildman–Crippen LogP) is 4.43. The highest BCUT2D eigenvalue weighted by atomic mass is 32.2. The van der Waals surface area contributed by atoms with Crippen molar-refractivity contribution < 1.29 is 9.59 Å². The number of urea groups is 1. The average molecular weight is 386 g/mol. The summed E-state index contributed by atoms with van der Waals surface area (Å²) in [7, 11) is 0. The predicted molar refractivity (Wildman–Crippen MR) is 112 cm³/mol. The lowest BCUT2D eigenvalue weighted by Gasteiger charge is -2.24. The second-order valence-corrected chi connectivity index (χ2v) is 7.57. The topological polar surface area (TPSA) is 70.2 Å². The molecule has 0 heterocycles. The molecular formula is C21H27N3O2S. The number of carbonyl (C=O) groups is 2. The number of benzene rings is 2. The third-order valence-electron chi connectivity index (χ3n) is 4.24. The fraction of sp³-hybridized carbons (Fsp3) is 0.333. The molecule has 0 spiro atoms. The molecule has 0 aliphatic carbocycles. The smallest absolute Gasteiger partial charge is 0.319 e. The Morgan fingerprint density at radius 2 is 1.52 bits per heavy atom. The molecule has 5 nitrogen and oxygen atoms in total. The molecule has 6 heteroatoms. The van der Waals surface area contributed by atoms with Crippen molar-refractivity contribution in [3.63, 3.8) is 0 Å². The Morgan fingerprint density at radius 3 is 2.07 bits per heavy atom. The maximum atomic E-state index is 12.7. The van der Waals surface area contributed by atoms with E-state index in [0.29, 0.717) is 5.69 Å². The monoisotopic (exact) mass is 385 g/mol. The molecule has 2 rings (SSSR count). The SMILES string of the molecule is CSc1ccc(NC(=O)NC(C(=O)NC(C)c2ccccc2)C(C)C)cc1. The van der Waals surface area contributed by atoms with Crippen molar-refractivity contribution >= 4 is 29.4 Å². The van der Waals surface area contributed by atoms with Gasteiger partial charge in [0.25, 0.3) is 0 Å². The Hall–Kier alpha value is -2.47. The molecule has 3 N–H and O–H groups in total. The second-order valence-electron chi connectivity index (χ2n) is 6.69. The minimum atomic E-state index is -0.623. The first-order chi connectivity index (χ1) is 12.9. The van der Waals surface area contributed by atoms with Crippen LogP contribution in [0.3, 0.4) is 0 Å². The van der Waals surface area contributed by atoms with E-state index in [2.05, 4.69) is 16.0 Å². The Bertz CT molecular complexity index is 748. The van der Waals surface area contributed by atoms with Crippen LogP contribution >= 0.6 is 11.8 Å². The molecule has 2 aromatic carbocycles. The van der Waals surface area contributed by atoms with Gasteiger partial charge in [0.15, 0.2) is 0 Å². The summed E-state index contributed by atoms with van der Waals surface area (Å²) in [5.74, 6) is -0.244. The van der Waals surface area contributed by atoms with Gasteiger partial charge in [-0.1, -0.05) is 44.2 Å². The number of carbonyl (C=O) groups excluding carboxylic acids is 2. The molecule has 2 unspecified atom stereocenters. The largest absolute Gasteiger partial charge is 0.348 e. The number of amides is 3. The normalized spacial score (nSPS) is 12.9. The van der Waals surface area contributed by atoms with Crippen LogP contribution in [0.4, 0.5) is 10.5 Å². The summed E-state index contributed by atoms with van der Waals surface area (Å²) < 4.78 is 0. The molecule has 27 heavy (non-hydrogen) atoms. The highest BCUT2D eigenvalue weighted by Crippen LogP contribution is 2.17. The first kappa shape index (κ1) is 20.8. The molecule has 3 amide bonds. The third kappa shape index (κ3) is 6.32. The van der Waals surface area contributed by atoms with Gasteiger partial charge in [-0.15, -0.1) is 11.8 Å². The van der Waals surface area contributed by atoms with E-state index in [4.69, 9.17) is 0 Å².